The summed E-state index contributed by atoms with van der Waals surface area (Å²) in [6.45, 7) is 2.68. The third kappa shape index (κ3) is 4.34. The summed E-state index contributed by atoms with van der Waals surface area (Å²) in [4.78, 5) is 29.2. The number of benzene rings is 1. The number of piperidine rings is 1. The van der Waals surface area contributed by atoms with Crippen molar-refractivity contribution in [3.63, 3.8) is 0 Å². The molecular weight excluding hydrogens is 394 g/mol. The molecule has 8 nitrogen and oxygen atoms in total. The number of carbonyl (C=O) groups excluding carboxylic acids is 1. The molecule has 1 aromatic rings. The van der Waals surface area contributed by atoms with Crippen molar-refractivity contribution in [1.82, 2.24) is 19.7 Å². The van der Waals surface area contributed by atoms with E-state index in [9.17, 15) is 9.59 Å². The summed E-state index contributed by atoms with van der Waals surface area (Å²) in [5, 5.41) is 6.46. The van der Waals surface area contributed by atoms with E-state index in [0.29, 0.717) is 23.4 Å². The summed E-state index contributed by atoms with van der Waals surface area (Å²) in [6.07, 6.45) is 7.12. The molecule has 0 aliphatic carbocycles. The number of pyridine rings is 1. The second-order valence-electron chi connectivity index (χ2n) is 8.27. The Balaban J connectivity index is 1.73. The van der Waals surface area contributed by atoms with E-state index < -0.39 is 5.97 Å². The minimum absolute atomic E-state index is 0.131. The zero-order valence-electron chi connectivity index (χ0n) is 18.3. The molecule has 1 saturated heterocycles. The minimum atomic E-state index is -0.504. The first-order valence-corrected chi connectivity index (χ1v) is 10.7. The van der Waals surface area contributed by atoms with Crippen LogP contribution in [-0.4, -0.2) is 59.9 Å². The van der Waals surface area contributed by atoms with Gasteiger partial charge in [0.05, 0.1) is 18.7 Å². The fourth-order valence-electron chi connectivity index (χ4n) is 4.31. The summed E-state index contributed by atoms with van der Waals surface area (Å²) < 4.78 is 6.85. The van der Waals surface area contributed by atoms with Crippen molar-refractivity contribution in [2.45, 2.75) is 31.8 Å². The van der Waals surface area contributed by atoms with E-state index in [1.54, 1.807) is 12.4 Å². The van der Waals surface area contributed by atoms with Crippen molar-refractivity contribution in [1.29, 1.82) is 0 Å². The van der Waals surface area contributed by atoms with Crippen LogP contribution >= 0.6 is 0 Å². The summed E-state index contributed by atoms with van der Waals surface area (Å²) in [5.74, 6) is -0.504. The van der Waals surface area contributed by atoms with Crippen LogP contribution < -0.4 is 10.5 Å². The first kappa shape index (κ1) is 21.1. The van der Waals surface area contributed by atoms with Gasteiger partial charge in [-0.25, -0.2) is 9.89 Å². The van der Waals surface area contributed by atoms with Crippen LogP contribution in [0, 0.1) is 0 Å². The van der Waals surface area contributed by atoms with E-state index in [4.69, 9.17) is 4.74 Å². The van der Waals surface area contributed by atoms with Gasteiger partial charge in [0.25, 0.3) is 5.56 Å². The molecule has 164 valence electrons. The molecule has 0 unspecified atom stereocenters. The SMILES string of the molecule is COC(=O)c1cn(C[C@H](c2ccc(N(C)C)cc2)N2CCCCC2)cc2c(=O)[nH]nc1-2. The molecule has 0 amide bonds. The maximum Gasteiger partial charge on any atom is 0.341 e. The number of anilines is 1. The number of aromatic amines is 1. The van der Waals surface area contributed by atoms with Crippen molar-refractivity contribution in [2.75, 3.05) is 39.2 Å². The van der Waals surface area contributed by atoms with Crippen LogP contribution in [0.4, 0.5) is 5.69 Å². The number of carbonyl (C=O) groups is 1. The largest absolute Gasteiger partial charge is 0.465 e. The monoisotopic (exact) mass is 423 g/mol. The van der Waals surface area contributed by atoms with Gasteiger partial charge in [-0.2, -0.15) is 5.10 Å². The van der Waals surface area contributed by atoms with Gasteiger partial charge >= 0.3 is 5.97 Å². The predicted molar refractivity (Wildman–Crippen MR) is 120 cm³/mol. The van der Waals surface area contributed by atoms with Crippen LogP contribution in [0.15, 0.2) is 41.5 Å². The zero-order chi connectivity index (χ0) is 22.0. The van der Waals surface area contributed by atoms with Gasteiger partial charge in [0, 0.05) is 38.7 Å². The molecule has 31 heavy (non-hydrogen) atoms. The number of ether oxygens (including phenoxy) is 1. The number of methoxy groups -OCH3 is 1. The first-order valence-electron chi connectivity index (χ1n) is 10.7. The van der Waals surface area contributed by atoms with Crippen molar-refractivity contribution < 1.29 is 9.53 Å². The molecule has 1 N–H and O–H groups in total. The number of likely N-dealkylation sites (tertiary alicyclic amines) is 1. The predicted octanol–water partition coefficient (Wildman–Crippen LogP) is 2.76. The van der Waals surface area contributed by atoms with Crippen molar-refractivity contribution >= 4 is 11.7 Å². The summed E-state index contributed by atoms with van der Waals surface area (Å²) in [7, 11) is 5.39. The van der Waals surface area contributed by atoms with E-state index in [1.807, 2.05) is 18.7 Å². The average molecular weight is 424 g/mol. The molecule has 0 aromatic heterocycles. The number of fused-ring (bicyclic) bond motifs is 1. The van der Waals surface area contributed by atoms with Gasteiger partial charge in [-0.3, -0.25) is 9.69 Å². The molecule has 0 saturated carbocycles. The van der Waals surface area contributed by atoms with Crippen LogP contribution in [0.2, 0.25) is 0 Å². The Morgan fingerprint density at radius 1 is 1.16 bits per heavy atom. The third-order valence-corrected chi connectivity index (χ3v) is 6.03. The van der Waals surface area contributed by atoms with Gasteiger partial charge in [0.1, 0.15) is 11.3 Å². The smallest absolute Gasteiger partial charge is 0.341 e. The Morgan fingerprint density at radius 2 is 1.87 bits per heavy atom. The van der Waals surface area contributed by atoms with E-state index in [2.05, 4.69) is 44.3 Å². The minimum Gasteiger partial charge on any atom is -0.465 e. The number of H-pyrrole nitrogens is 1. The Kier molecular flexibility index (Phi) is 6.08. The molecule has 1 aromatic carbocycles. The highest BCUT2D eigenvalue weighted by Gasteiger charge is 2.26. The number of esters is 1. The Labute approximate surface area is 181 Å². The Morgan fingerprint density at radius 3 is 2.52 bits per heavy atom. The first-order chi connectivity index (χ1) is 15.0. The number of nitrogens with zero attached hydrogens (tertiary/aromatic N) is 4. The fraction of sp³-hybridized carbons (Fsp3) is 0.435. The third-order valence-electron chi connectivity index (χ3n) is 6.03. The lowest BCUT2D eigenvalue weighted by Gasteiger charge is -2.35. The molecule has 1 fully saturated rings. The molecule has 0 radical (unpaired) electrons. The van der Waals surface area contributed by atoms with E-state index in [1.165, 1.54) is 31.9 Å². The fourth-order valence-corrected chi connectivity index (χ4v) is 4.31. The number of aromatic nitrogens is 3. The van der Waals surface area contributed by atoms with Crippen LogP contribution in [0.1, 0.15) is 41.2 Å². The quantitative estimate of drug-likeness (QED) is 0.614. The van der Waals surface area contributed by atoms with Gasteiger partial charge in [-0.15, -0.1) is 0 Å². The standard InChI is InChI=1S/C23H29N5O3/c1-26(2)17-9-7-16(8-10-17)20(28-11-5-4-6-12-28)15-27-13-18-21(24-25-22(18)29)19(14-27)23(30)31-3/h7-10,13-14,20H,4-6,11-12,15H2,1-3H3,(H,25,29)/t20-/m1/s1. The van der Waals surface area contributed by atoms with Crippen LogP contribution in [0.3, 0.4) is 0 Å². The molecule has 0 spiro atoms. The molecular formula is C23H29N5O3. The van der Waals surface area contributed by atoms with Crippen molar-refractivity contribution in [2.24, 2.45) is 0 Å². The lowest BCUT2D eigenvalue weighted by molar-refractivity contribution is 0.0600. The molecule has 3 heterocycles. The van der Waals surface area contributed by atoms with E-state index in [0.717, 1.165) is 18.8 Å². The highest BCUT2D eigenvalue weighted by molar-refractivity contribution is 5.95. The summed E-state index contributed by atoms with van der Waals surface area (Å²) in [5.41, 5.74) is 3.09. The van der Waals surface area contributed by atoms with Crippen LogP contribution in [0.5, 0.6) is 0 Å². The van der Waals surface area contributed by atoms with E-state index >= 15 is 0 Å². The maximum absolute atomic E-state index is 12.3. The van der Waals surface area contributed by atoms with Gasteiger partial charge in [-0.1, -0.05) is 18.6 Å². The second kappa shape index (κ2) is 8.93. The Hall–Kier alpha value is -3.13. The number of nitrogens with one attached hydrogen (secondary N) is 1. The van der Waals surface area contributed by atoms with Crippen molar-refractivity contribution in [3.05, 3.63) is 58.1 Å². The number of hydrogen-bond acceptors (Lipinski definition) is 6. The molecule has 8 heteroatoms. The highest BCUT2D eigenvalue weighted by atomic mass is 16.5. The maximum atomic E-state index is 12.3. The molecule has 3 aliphatic rings. The highest BCUT2D eigenvalue weighted by Crippen LogP contribution is 2.29. The normalized spacial score (nSPS) is 15.7. The topological polar surface area (TPSA) is 83.5 Å². The van der Waals surface area contributed by atoms with Gasteiger partial charge in [0.15, 0.2) is 0 Å². The average Bonchev–Trinajstić information content (AvgIpc) is 3.17. The lowest BCUT2D eigenvalue weighted by Crippen LogP contribution is -2.36. The zero-order valence-corrected chi connectivity index (χ0v) is 18.3. The number of rotatable bonds is 6. The Bertz CT molecular complexity index is 1060. The van der Waals surface area contributed by atoms with Gasteiger partial charge < -0.3 is 14.2 Å². The second-order valence-corrected chi connectivity index (χ2v) is 8.27. The van der Waals surface area contributed by atoms with Crippen LogP contribution in [-0.2, 0) is 11.3 Å². The molecule has 3 aliphatic heterocycles. The van der Waals surface area contributed by atoms with Crippen molar-refractivity contribution in [3.8, 4) is 11.3 Å². The number of hydrogen-bond donors (Lipinski definition) is 1. The molecule has 4 rings (SSSR count). The summed E-state index contributed by atoms with van der Waals surface area (Å²) >= 11 is 0. The molecule has 0 bridgehead atoms. The van der Waals surface area contributed by atoms with Crippen LogP contribution in [0.25, 0.3) is 11.3 Å². The van der Waals surface area contributed by atoms with E-state index in [-0.39, 0.29) is 11.6 Å². The van der Waals surface area contributed by atoms with Gasteiger partial charge in [0.2, 0.25) is 0 Å². The van der Waals surface area contributed by atoms with Gasteiger partial charge in [-0.05, 0) is 43.6 Å². The summed E-state index contributed by atoms with van der Waals surface area (Å²) in [6, 6.07) is 8.74. The molecule has 1 atom stereocenters. The lowest BCUT2D eigenvalue weighted by atomic mass is 10.0.